The number of ether oxygens (including phenoxy) is 2. The first-order valence-electron chi connectivity index (χ1n) is 5.21. The molecule has 4 nitrogen and oxygen atoms in total. The highest BCUT2D eigenvalue weighted by molar-refractivity contribution is 5.69. The van der Waals surface area contributed by atoms with Gasteiger partial charge in [-0.3, -0.25) is 4.79 Å². The van der Waals surface area contributed by atoms with E-state index in [0.717, 1.165) is 19.4 Å². The minimum absolute atomic E-state index is 0.0604. The minimum Gasteiger partial charge on any atom is -0.463 e. The molecule has 2 N–H and O–H groups in total. The average Bonchev–Trinajstić information content (AvgIpc) is 2.63. The molecule has 1 heterocycles. The number of carbonyl (C=O) groups is 1. The molecule has 0 aromatic heterocycles. The van der Waals surface area contributed by atoms with Gasteiger partial charge in [0.2, 0.25) is 0 Å². The second-order valence-corrected chi connectivity index (χ2v) is 3.83. The van der Waals surface area contributed by atoms with Gasteiger partial charge in [-0.25, -0.2) is 0 Å². The molecular weight excluding hydrogens is 182 g/mol. The van der Waals surface area contributed by atoms with Gasteiger partial charge in [0.1, 0.15) is 6.61 Å². The Balaban J connectivity index is 2.02. The van der Waals surface area contributed by atoms with Crippen LogP contribution in [0.25, 0.3) is 0 Å². The summed E-state index contributed by atoms with van der Waals surface area (Å²) in [7, 11) is 0. The van der Waals surface area contributed by atoms with E-state index in [4.69, 9.17) is 15.2 Å². The van der Waals surface area contributed by atoms with Crippen molar-refractivity contribution >= 4 is 5.97 Å². The molecule has 0 amide bonds. The van der Waals surface area contributed by atoms with Crippen molar-refractivity contribution < 1.29 is 14.3 Å². The lowest BCUT2D eigenvalue weighted by molar-refractivity contribution is -0.147. The highest BCUT2D eigenvalue weighted by atomic mass is 16.6. The third kappa shape index (κ3) is 4.58. The fourth-order valence-electron chi connectivity index (χ4n) is 1.38. The molecule has 0 bridgehead atoms. The molecule has 1 saturated heterocycles. The van der Waals surface area contributed by atoms with E-state index in [1.54, 1.807) is 0 Å². The van der Waals surface area contributed by atoms with Crippen LogP contribution in [0.15, 0.2) is 0 Å². The summed E-state index contributed by atoms with van der Waals surface area (Å²) in [4.78, 5) is 11.2. The van der Waals surface area contributed by atoms with E-state index in [2.05, 4.69) is 0 Å². The first-order chi connectivity index (χ1) is 6.68. The van der Waals surface area contributed by atoms with Crippen LogP contribution in [0.4, 0.5) is 0 Å². The zero-order valence-electron chi connectivity index (χ0n) is 8.70. The van der Waals surface area contributed by atoms with Crippen LogP contribution in [0, 0.1) is 0 Å². The summed E-state index contributed by atoms with van der Waals surface area (Å²) in [5.41, 5.74) is 5.53. The maximum absolute atomic E-state index is 11.2. The summed E-state index contributed by atoms with van der Waals surface area (Å²) in [6.45, 7) is 3.08. The molecule has 0 spiro atoms. The Bertz CT molecular complexity index is 176. The second kappa shape index (κ2) is 5.98. The lowest BCUT2D eigenvalue weighted by Crippen LogP contribution is -2.20. The van der Waals surface area contributed by atoms with E-state index >= 15 is 0 Å². The number of esters is 1. The zero-order valence-corrected chi connectivity index (χ0v) is 8.70. The van der Waals surface area contributed by atoms with Crippen molar-refractivity contribution in [1.82, 2.24) is 0 Å². The lowest BCUT2D eigenvalue weighted by atomic mass is 10.2. The largest absolute Gasteiger partial charge is 0.463 e. The van der Waals surface area contributed by atoms with Crippen LogP contribution in [0.2, 0.25) is 0 Å². The van der Waals surface area contributed by atoms with E-state index in [1.807, 2.05) is 6.92 Å². The maximum atomic E-state index is 11.2. The van der Waals surface area contributed by atoms with Gasteiger partial charge in [-0.1, -0.05) is 0 Å². The second-order valence-electron chi connectivity index (χ2n) is 3.83. The van der Waals surface area contributed by atoms with Crippen LogP contribution in [0.3, 0.4) is 0 Å². The molecule has 1 aliphatic rings. The summed E-state index contributed by atoms with van der Waals surface area (Å²) >= 11 is 0. The van der Waals surface area contributed by atoms with Crippen LogP contribution < -0.4 is 5.73 Å². The average molecular weight is 201 g/mol. The van der Waals surface area contributed by atoms with E-state index in [1.165, 1.54) is 0 Å². The summed E-state index contributed by atoms with van der Waals surface area (Å²) in [5, 5.41) is 0. The first-order valence-corrected chi connectivity index (χ1v) is 5.21. The molecule has 1 rings (SSSR count). The molecule has 0 aromatic rings. The Morgan fingerprint density at radius 1 is 1.71 bits per heavy atom. The van der Waals surface area contributed by atoms with Crippen LogP contribution >= 0.6 is 0 Å². The Kier molecular flexibility index (Phi) is 4.90. The SMILES string of the molecule is CC(N)CCC(=O)OCC1CCCO1. The third-order valence-electron chi connectivity index (χ3n) is 2.26. The summed E-state index contributed by atoms with van der Waals surface area (Å²) < 4.78 is 10.4. The molecule has 2 atom stereocenters. The van der Waals surface area contributed by atoms with Gasteiger partial charge in [0.05, 0.1) is 6.10 Å². The Morgan fingerprint density at radius 2 is 2.50 bits per heavy atom. The number of rotatable bonds is 5. The zero-order chi connectivity index (χ0) is 10.4. The van der Waals surface area contributed by atoms with Crippen molar-refractivity contribution in [2.75, 3.05) is 13.2 Å². The molecule has 82 valence electrons. The lowest BCUT2D eigenvalue weighted by Gasteiger charge is -2.10. The van der Waals surface area contributed by atoms with Crippen LogP contribution in [0.5, 0.6) is 0 Å². The van der Waals surface area contributed by atoms with E-state index in [9.17, 15) is 4.79 Å². The molecule has 0 radical (unpaired) electrons. The molecule has 4 heteroatoms. The number of carbonyl (C=O) groups excluding carboxylic acids is 1. The van der Waals surface area contributed by atoms with Gasteiger partial charge in [-0.2, -0.15) is 0 Å². The molecule has 1 aliphatic heterocycles. The van der Waals surface area contributed by atoms with Crippen molar-refractivity contribution in [2.45, 2.75) is 44.8 Å². The van der Waals surface area contributed by atoms with Gasteiger partial charge in [0.15, 0.2) is 0 Å². The Morgan fingerprint density at radius 3 is 3.07 bits per heavy atom. The summed E-state index contributed by atoms with van der Waals surface area (Å²) in [5.74, 6) is -0.169. The number of hydrogen-bond acceptors (Lipinski definition) is 4. The molecule has 2 unspecified atom stereocenters. The normalized spacial score (nSPS) is 23.4. The van der Waals surface area contributed by atoms with E-state index in [-0.39, 0.29) is 18.1 Å². The summed E-state index contributed by atoms with van der Waals surface area (Å²) in [6, 6.07) is 0.0604. The van der Waals surface area contributed by atoms with Gasteiger partial charge in [-0.15, -0.1) is 0 Å². The minimum atomic E-state index is -0.169. The molecule has 14 heavy (non-hydrogen) atoms. The fourth-order valence-corrected chi connectivity index (χ4v) is 1.38. The smallest absolute Gasteiger partial charge is 0.305 e. The van der Waals surface area contributed by atoms with Crippen molar-refractivity contribution in [1.29, 1.82) is 0 Å². The van der Waals surface area contributed by atoms with E-state index in [0.29, 0.717) is 19.4 Å². The van der Waals surface area contributed by atoms with Crippen molar-refractivity contribution in [3.05, 3.63) is 0 Å². The van der Waals surface area contributed by atoms with Gasteiger partial charge < -0.3 is 15.2 Å². The van der Waals surface area contributed by atoms with Crippen molar-refractivity contribution in [3.8, 4) is 0 Å². The molecule has 0 aliphatic carbocycles. The Labute approximate surface area is 84.7 Å². The van der Waals surface area contributed by atoms with Gasteiger partial charge in [0.25, 0.3) is 0 Å². The first kappa shape index (κ1) is 11.5. The quantitative estimate of drug-likeness (QED) is 0.669. The van der Waals surface area contributed by atoms with Gasteiger partial charge in [0, 0.05) is 19.1 Å². The highest BCUT2D eigenvalue weighted by Gasteiger charge is 2.17. The van der Waals surface area contributed by atoms with Gasteiger partial charge >= 0.3 is 5.97 Å². The van der Waals surface area contributed by atoms with E-state index < -0.39 is 0 Å². The molecular formula is C10H19NO3. The van der Waals surface area contributed by atoms with Crippen LogP contribution in [-0.4, -0.2) is 31.3 Å². The highest BCUT2D eigenvalue weighted by Crippen LogP contribution is 2.12. The summed E-state index contributed by atoms with van der Waals surface area (Å²) in [6.07, 6.45) is 3.28. The molecule has 0 saturated carbocycles. The molecule has 0 aromatic carbocycles. The van der Waals surface area contributed by atoms with Crippen LogP contribution in [0.1, 0.15) is 32.6 Å². The predicted octanol–water partition coefficient (Wildman–Crippen LogP) is 0.836. The van der Waals surface area contributed by atoms with Crippen molar-refractivity contribution in [2.24, 2.45) is 5.73 Å². The number of nitrogens with two attached hydrogens (primary N) is 1. The van der Waals surface area contributed by atoms with Crippen molar-refractivity contribution in [3.63, 3.8) is 0 Å². The topological polar surface area (TPSA) is 61.6 Å². The monoisotopic (exact) mass is 201 g/mol. The maximum Gasteiger partial charge on any atom is 0.305 e. The molecule has 1 fully saturated rings. The van der Waals surface area contributed by atoms with Crippen LogP contribution in [-0.2, 0) is 14.3 Å². The third-order valence-corrected chi connectivity index (χ3v) is 2.26. The van der Waals surface area contributed by atoms with Gasteiger partial charge in [-0.05, 0) is 26.2 Å². The Hall–Kier alpha value is -0.610. The standard InChI is InChI=1S/C10H19NO3/c1-8(11)4-5-10(12)14-7-9-3-2-6-13-9/h8-9H,2-7,11H2,1H3. The predicted molar refractivity (Wildman–Crippen MR) is 52.8 cm³/mol. The number of hydrogen-bond donors (Lipinski definition) is 1. The fraction of sp³-hybridized carbons (Fsp3) is 0.900.